The van der Waals surface area contributed by atoms with E-state index in [-0.39, 0.29) is 18.5 Å². The van der Waals surface area contributed by atoms with Crippen LogP contribution in [0.2, 0.25) is 0 Å². The fourth-order valence-corrected chi connectivity index (χ4v) is 4.14. The number of carbonyl (C=O) groups excluding carboxylic acids is 2. The zero-order chi connectivity index (χ0) is 25.5. The van der Waals surface area contributed by atoms with Gasteiger partial charge in [-0.05, 0) is 50.6 Å². The first-order valence-electron chi connectivity index (χ1n) is 10.8. The predicted octanol–water partition coefficient (Wildman–Crippen LogP) is 2.41. The van der Waals surface area contributed by atoms with Crippen LogP contribution in [0.25, 0.3) is 0 Å². The third kappa shape index (κ3) is 7.38. The van der Waals surface area contributed by atoms with E-state index < -0.39 is 28.5 Å². The molecule has 9 nitrogen and oxygen atoms in total. The van der Waals surface area contributed by atoms with Crippen LogP contribution in [-0.2, 0) is 26.2 Å². The van der Waals surface area contributed by atoms with Crippen molar-refractivity contribution in [3.63, 3.8) is 0 Å². The summed E-state index contributed by atoms with van der Waals surface area (Å²) in [5.74, 6) is 0.270. The highest BCUT2D eigenvalue weighted by molar-refractivity contribution is 7.92. The van der Waals surface area contributed by atoms with E-state index >= 15 is 0 Å². The molecule has 2 aromatic carbocycles. The molecule has 0 aromatic heterocycles. The Kier molecular flexibility index (Phi) is 9.31. The van der Waals surface area contributed by atoms with Crippen molar-refractivity contribution in [1.82, 2.24) is 10.2 Å². The lowest BCUT2D eigenvalue weighted by molar-refractivity contribution is -0.139. The fraction of sp³-hybridized carbons (Fsp3) is 0.417. The lowest BCUT2D eigenvalue weighted by Gasteiger charge is -2.32. The van der Waals surface area contributed by atoms with Gasteiger partial charge in [0.25, 0.3) is 0 Å². The molecule has 0 aliphatic rings. The second-order valence-electron chi connectivity index (χ2n) is 8.18. The number of carbonyl (C=O) groups is 2. The van der Waals surface area contributed by atoms with Crippen LogP contribution >= 0.6 is 0 Å². The van der Waals surface area contributed by atoms with Crippen LogP contribution in [0.4, 0.5) is 5.69 Å². The van der Waals surface area contributed by atoms with Crippen LogP contribution in [0.15, 0.2) is 48.5 Å². The molecule has 2 aromatic rings. The molecule has 10 heteroatoms. The predicted molar refractivity (Wildman–Crippen MR) is 131 cm³/mol. The summed E-state index contributed by atoms with van der Waals surface area (Å²) in [5, 5.41) is 2.81. The third-order valence-electron chi connectivity index (χ3n) is 5.13. The summed E-state index contributed by atoms with van der Waals surface area (Å²) >= 11 is 0. The van der Waals surface area contributed by atoms with E-state index in [0.717, 1.165) is 16.1 Å². The maximum atomic E-state index is 13.5. The summed E-state index contributed by atoms with van der Waals surface area (Å²) in [4.78, 5) is 27.6. The Morgan fingerprint density at radius 2 is 1.59 bits per heavy atom. The van der Waals surface area contributed by atoms with Crippen molar-refractivity contribution in [2.45, 2.75) is 39.4 Å². The van der Waals surface area contributed by atoms with Gasteiger partial charge in [-0.25, -0.2) is 8.42 Å². The highest BCUT2D eigenvalue weighted by atomic mass is 32.2. The van der Waals surface area contributed by atoms with Gasteiger partial charge in [0, 0.05) is 18.7 Å². The maximum absolute atomic E-state index is 13.5. The van der Waals surface area contributed by atoms with Crippen molar-refractivity contribution in [2.24, 2.45) is 0 Å². The maximum Gasteiger partial charge on any atom is 0.244 e. The smallest absolute Gasteiger partial charge is 0.244 e. The van der Waals surface area contributed by atoms with Gasteiger partial charge in [-0.2, -0.15) is 0 Å². The first-order valence-corrected chi connectivity index (χ1v) is 12.7. The van der Waals surface area contributed by atoms with E-state index in [1.54, 1.807) is 56.5 Å². The van der Waals surface area contributed by atoms with Crippen LogP contribution in [0, 0.1) is 0 Å². The molecule has 0 unspecified atom stereocenters. The summed E-state index contributed by atoms with van der Waals surface area (Å²) in [5.41, 5.74) is 1.06. The molecule has 0 aliphatic heterocycles. The molecule has 0 heterocycles. The van der Waals surface area contributed by atoms with E-state index in [1.807, 2.05) is 13.8 Å². The quantitative estimate of drug-likeness (QED) is 0.518. The molecule has 0 radical (unpaired) electrons. The second kappa shape index (κ2) is 11.7. The van der Waals surface area contributed by atoms with Crippen LogP contribution in [0.5, 0.6) is 11.5 Å². The summed E-state index contributed by atoms with van der Waals surface area (Å²) in [6.07, 6.45) is 1.03. The number of methoxy groups -OCH3 is 2. The van der Waals surface area contributed by atoms with Gasteiger partial charge in [0.05, 0.1) is 26.2 Å². The number of hydrogen-bond donors (Lipinski definition) is 1. The number of ether oxygens (including phenoxy) is 2. The Hall–Kier alpha value is -3.27. The molecule has 0 spiro atoms. The molecule has 0 saturated carbocycles. The second-order valence-corrected chi connectivity index (χ2v) is 10.1. The van der Waals surface area contributed by atoms with Crippen molar-refractivity contribution >= 4 is 27.5 Å². The minimum atomic E-state index is -3.81. The SMILES string of the molecule is COc1ccc(CN(C(=O)CN(c2cccc(OC)c2)S(C)(=O)=O)[C@@H](C)C(=O)NC(C)C)cc1. The monoisotopic (exact) mass is 491 g/mol. The Morgan fingerprint density at radius 3 is 2.12 bits per heavy atom. The molecule has 2 amide bonds. The van der Waals surface area contributed by atoms with Crippen molar-refractivity contribution < 1.29 is 27.5 Å². The minimum absolute atomic E-state index is 0.114. The van der Waals surface area contributed by atoms with Gasteiger partial charge in [-0.1, -0.05) is 18.2 Å². The molecule has 0 aliphatic carbocycles. The number of benzene rings is 2. The lowest BCUT2D eigenvalue weighted by atomic mass is 10.1. The topological polar surface area (TPSA) is 105 Å². The molecule has 186 valence electrons. The molecular formula is C24H33N3O6S. The zero-order valence-electron chi connectivity index (χ0n) is 20.4. The Balaban J connectivity index is 2.39. The van der Waals surface area contributed by atoms with Crippen molar-refractivity contribution in [2.75, 3.05) is 31.3 Å². The number of hydrogen-bond acceptors (Lipinski definition) is 6. The summed E-state index contributed by atoms with van der Waals surface area (Å²) in [6.45, 7) is 4.92. The Bertz CT molecular complexity index is 1090. The van der Waals surface area contributed by atoms with Crippen molar-refractivity contribution in [3.8, 4) is 11.5 Å². The molecule has 0 saturated heterocycles. The minimum Gasteiger partial charge on any atom is -0.497 e. The number of nitrogens with zero attached hydrogens (tertiary/aromatic N) is 2. The standard InChI is InChI=1S/C24H33N3O6S/c1-17(2)25-24(29)18(3)26(15-19-10-12-21(32-4)13-11-19)23(28)16-27(34(6,30)31)20-8-7-9-22(14-20)33-5/h7-14,17-18H,15-16H2,1-6H3,(H,25,29)/t18-/m0/s1. The molecule has 2 rings (SSSR count). The van der Waals surface area contributed by atoms with Crippen molar-refractivity contribution in [1.29, 1.82) is 0 Å². The molecule has 34 heavy (non-hydrogen) atoms. The van der Waals surface area contributed by atoms with Gasteiger partial charge in [0.1, 0.15) is 24.1 Å². The number of amides is 2. The van der Waals surface area contributed by atoms with Gasteiger partial charge in [0.15, 0.2) is 0 Å². The lowest BCUT2D eigenvalue weighted by Crippen LogP contribution is -2.52. The number of anilines is 1. The van der Waals surface area contributed by atoms with E-state index in [2.05, 4.69) is 5.32 Å². The fourth-order valence-electron chi connectivity index (χ4n) is 3.29. The van der Waals surface area contributed by atoms with Gasteiger partial charge in [-0.3, -0.25) is 13.9 Å². The first kappa shape index (κ1) is 27.0. The Morgan fingerprint density at radius 1 is 0.971 bits per heavy atom. The van der Waals surface area contributed by atoms with Gasteiger partial charge in [-0.15, -0.1) is 0 Å². The van der Waals surface area contributed by atoms with Crippen LogP contribution < -0.4 is 19.1 Å². The number of nitrogens with one attached hydrogen (secondary N) is 1. The van der Waals surface area contributed by atoms with Crippen LogP contribution in [-0.4, -0.2) is 64.2 Å². The molecule has 1 atom stereocenters. The highest BCUT2D eigenvalue weighted by Gasteiger charge is 2.30. The first-order chi connectivity index (χ1) is 16.0. The van der Waals surface area contributed by atoms with E-state index in [1.165, 1.54) is 18.1 Å². The zero-order valence-corrected chi connectivity index (χ0v) is 21.3. The van der Waals surface area contributed by atoms with Crippen LogP contribution in [0.1, 0.15) is 26.3 Å². The van der Waals surface area contributed by atoms with Gasteiger partial charge < -0.3 is 19.7 Å². The summed E-state index contributed by atoms with van der Waals surface area (Å²) in [6, 6.07) is 12.6. The average molecular weight is 492 g/mol. The van der Waals surface area contributed by atoms with E-state index in [0.29, 0.717) is 17.2 Å². The average Bonchev–Trinajstić information content (AvgIpc) is 2.79. The van der Waals surface area contributed by atoms with Gasteiger partial charge in [0.2, 0.25) is 21.8 Å². The van der Waals surface area contributed by atoms with Crippen molar-refractivity contribution in [3.05, 3.63) is 54.1 Å². The number of rotatable bonds is 11. The van der Waals surface area contributed by atoms with Gasteiger partial charge >= 0.3 is 0 Å². The number of sulfonamides is 1. The van der Waals surface area contributed by atoms with E-state index in [9.17, 15) is 18.0 Å². The molecular weight excluding hydrogens is 458 g/mol. The molecule has 0 bridgehead atoms. The largest absolute Gasteiger partial charge is 0.497 e. The van der Waals surface area contributed by atoms with Crippen LogP contribution in [0.3, 0.4) is 0 Å². The Labute approximate surface area is 201 Å². The summed E-state index contributed by atoms with van der Waals surface area (Å²) < 4.78 is 36.6. The summed E-state index contributed by atoms with van der Waals surface area (Å²) in [7, 11) is -0.775. The third-order valence-corrected chi connectivity index (χ3v) is 6.27. The molecule has 0 fully saturated rings. The highest BCUT2D eigenvalue weighted by Crippen LogP contribution is 2.24. The van der Waals surface area contributed by atoms with E-state index in [4.69, 9.17) is 9.47 Å². The normalized spacial score (nSPS) is 12.1. The molecule has 1 N–H and O–H groups in total.